The van der Waals surface area contributed by atoms with Crippen molar-refractivity contribution >= 4 is 0 Å². The zero-order valence-electron chi connectivity index (χ0n) is 9.84. The molecule has 1 aromatic carbocycles. The maximum absolute atomic E-state index is 10.8. The average molecular weight is 305 g/mol. The molecule has 0 heterocycles. The summed E-state index contributed by atoms with van der Waals surface area (Å²) in [5.41, 5.74) is 1.85. The number of benzene rings is 1. The predicted octanol–water partition coefficient (Wildman–Crippen LogP) is -3.31. The number of rotatable bonds is 0. The molecule has 0 atom stereocenters. The Bertz CT molecular complexity index is 352. The molecule has 0 unspecified atom stereocenters. The largest absolute Gasteiger partial charge is 4.00 e. The number of aryl methyl sites for hydroxylation is 2. The molecular formula is C13H14Cl2OTi. The van der Waals surface area contributed by atoms with Gasteiger partial charge in [0.1, 0.15) is 0 Å². The van der Waals surface area contributed by atoms with Crippen molar-refractivity contribution in [3.63, 3.8) is 0 Å². The second kappa shape index (κ2) is 12.3. The van der Waals surface area contributed by atoms with Gasteiger partial charge in [0.05, 0.1) is 0 Å². The summed E-state index contributed by atoms with van der Waals surface area (Å²) in [6, 6.07) is 5.43. The molecule has 1 aromatic rings. The van der Waals surface area contributed by atoms with Crippen LogP contribution in [0.1, 0.15) is 17.5 Å². The van der Waals surface area contributed by atoms with E-state index >= 15 is 0 Å². The predicted molar refractivity (Wildman–Crippen MR) is 56.9 cm³/mol. The van der Waals surface area contributed by atoms with Crippen LogP contribution < -0.4 is 29.9 Å². The van der Waals surface area contributed by atoms with Crippen LogP contribution in [0.25, 0.3) is 0 Å². The molecule has 1 aliphatic rings. The third-order valence-electron chi connectivity index (χ3n) is 1.93. The van der Waals surface area contributed by atoms with Crippen molar-refractivity contribution in [2.24, 2.45) is 0 Å². The average Bonchev–Trinajstić information content (AvgIpc) is 2.69. The molecule has 0 amide bonds. The second-order valence-corrected chi connectivity index (χ2v) is 3.27. The Hall–Kier alpha value is -0.206. The van der Waals surface area contributed by atoms with Crippen molar-refractivity contribution in [1.82, 2.24) is 0 Å². The summed E-state index contributed by atoms with van der Waals surface area (Å²) in [4.78, 5) is 0. The van der Waals surface area contributed by atoms with E-state index in [0.717, 1.165) is 17.5 Å². The third kappa shape index (κ3) is 9.49. The fourth-order valence-corrected chi connectivity index (χ4v) is 1.05. The van der Waals surface area contributed by atoms with Crippen molar-refractivity contribution in [3.05, 3.63) is 53.6 Å². The van der Waals surface area contributed by atoms with Crippen LogP contribution in [0.15, 0.2) is 36.4 Å². The van der Waals surface area contributed by atoms with Crippen LogP contribution in [0, 0.1) is 19.9 Å². The summed E-state index contributed by atoms with van der Waals surface area (Å²) in [7, 11) is 0. The van der Waals surface area contributed by atoms with Crippen LogP contribution in [0.3, 0.4) is 0 Å². The van der Waals surface area contributed by atoms with Gasteiger partial charge in [-0.25, -0.2) is 12.2 Å². The van der Waals surface area contributed by atoms with E-state index in [1.807, 2.05) is 38.1 Å². The quantitative estimate of drug-likeness (QED) is 0.364. The standard InChI is InChI=1S/C8H10O.C5H5.2ClH.Ti/c1-6-3-4-7(2)8(9)5-6;1-2-4-5-3-1;;;/h3-5,9H,1-2H3;1-3H,4H2;2*1H;/q;-1;;;+4/p-3. The van der Waals surface area contributed by atoms with Crippen LogP contribution in [0.4, 0.5) is 0 Å². The molecule has 0 bridgehead atoms. The van der Waals surface area contributed by atoms with Crippen LogP contribution in [0.2, 0.25) is 0 Å². The van der Waals surface area contributed by atoms with Crippen LogP contribution in [-0.2, 0) is 21.7 Å². The van der Waals surface area contributed by atoms with Crippen LogP contribution >= 0.6 is 0 Å². The zero-order chi connectivity index (χ0) is 10.4. The molecule has 0 fully saturated rings. The van der Waals surface area contributed by atoms with Gasteiger partial charge in [-0.05, 0) is 13.8 Å². The van der Waals surface area contributed by atoms with Crippen molar-refractivity contribution in [1.29, 1.82) is 0 Å². The van der Waals surface area contributed by atoms with Gasteiger partial charge in [0.2, 0.25) is 0 Å². The van der Waals surface area contributed by atoms with Crippen molar-refractivity contribution in [3.8, 4) is 5.75 Å². The summed E-state index contributed by atoms with van der Waals surface area (Å²) in [6.45, 7) is 3.74. The van der Waals surface area contributed by atoms with Gasteiger partial charge in [0.15, 0.2) is 0 Å². The summed E-state index contributed by atoms with van der Waals surface area (Å²) < 4.78 is 0. The van der Waals surface area contributed by atoms with Crippen molar-refractivity contribution in [2.75, 3.05) is 0 Å². The SMILES string of the molecule is Cc1ccc(C)c([O-])c1.[C-]1=CC=CC1.[Cl-].[Cl-].[Ti+4]. The summed E-state index contributed by atoms with van der Waals surface area (Å²) in [5, 5.41) is 10.8. The first kappa shape index (κ1) is 22.0. The maximum atomic E-state index is 10.8. The number of hydrogen-bond acceptors (Lipinski definition) is 1. The Kier molecular flexibility index (Phi) is 15.9. The summed E-state index contributed by atoms with van der Waals surface area (Å²) in [5.74, 6) is 0.134. The molecule has 90 valence electrons. The maximum Gasteiger partial charge on any atom is 4.00 e. The topological polar surface area (TPSA) is 23.1 Å². The van der Waals surface area contributed by atoms with Gasteiger partial charge in [-0.3, -0.25) is 6.08 Å². The Labute approximate surface area is 131 Å². The fraction of sp³-hybridized carbons (Fsp3) is 0.231. The first-order valence-corrected chi connectivity index (χ1v) is 4.66. The minimum Gasteiger partial charge on any atom is -1.00 e. The second-order valence-electron chi connectivity index (χ2n) is 3.27. The monoisotopic (exact) mass is 304 g/mol. The molecule has 0 aliphatic heterocycles. The molecule has 0 N–H and O–H groups in total. The Morgan fingerprint density at radius 2 is 1.82 bits per heavy atom. The first-order valence-electron chi connectivity index (χ1n) is 4.66. The van der Waals surface area contributed by atoms with Crippen LogP contribution in [-0.4, -0.2) is 0 Å². The van der Waals surface area contributed by atoms with E-state index in [4.69, 9.17) is 0 Å². The molecule has 0 spiro atoms. The van der Waals surface area contributed by atoms with E-state index in [-0.39, 0.29) is 52.3 Å². The molecule has 4 heteroatoms. The smallest absolute Gasteiger partial charge is 1.00 e. The molecule has 0 radical (unpaired) electrons. The molecular weight excluding hydrogens is 291 g/mol. The molecule has 1 nitrogen and oxygen atoms in total. The van der Waals surface area contributed by atoms with Gasteiger partial charge in [0, 0.05) is 0 Å². The fourth-order valence-electron chi connectivity index (χ4n) is 1.05. The molecule has 2 rings (SSSR count). The number of halogens is 2. The van der Waals surface area contributed by atoms with Crippen molar-refractivity contribution in [2.45, 2.75) is 20.3 Å². The molecule has 17 heavy (non-hydrogen) atoms. The first-order chi connectivity index (χ1) is 6.70. The van der Waals surface area contributed by atoms with E-state index in [2.05, 4.69) is 12.2 Å². The van der Waals surface area contributed by atoms with Crippen LogP contribution in [0.5, 0.6) is 5.75 Å². The molecule has 0 saturated carbocycles. The molecule has 0 saturated heterocycles. The van der Waals surface area contributed by atoms with Gasteiger partial charge < -0.3 is 29.9 Å². The third-order valence-corrected chi connectivity index (χ3v) is 1.93. The van der Waals surface area contributed by atoms with Gasteiger partial charge >= 0.3 is 21.7 Å². The summed E-state index contributed by atoms with van der Waals surface area (Å²) >= 11 is 0. The molecule has 0 aromatic heterocycles. The van der Waals surface area contributed by atoms with E-state index in [1.54, 1.807) is 6.07 Å². The number of allylic oxidation sites excluding steroid dienone is 4. The number of hydrogen-bond donors (Lipinski definition) is 0. The van der Waals surface area contributed by atoms with E-state index in [9.17, 15) is 5.11 Å². The summed E-state index contributed by atoms with van der Waals surface area (Å²) in [6.07, 6.45) is 10.0. The van der Waals surface area contributed by atoms with E-state index < -0.39 is 0 Å². The van der Waals surface area contributed by atoms with Crippen molar-refractivity contribution < 1.29 is 51.6 Å². The molecule has 1 aliphatic carbocycles. The Balaban J connectivity index is -0.000000216. The van der Waals surface area contributed by atoms with E-state index in [1.165, 1.54) is 0 Å². The normalized spacial score (nSPS) is 10.2. The minimum atomic E-state index is 0. The zero-order valence-corrected chi connectivity index (χ0v) is 12.9. The Morgan fingerprint density at radius 3 is 2.12 bits per heavy atom. The minimum absolute atomic E-state index is 0. The van der Waals surface area contributed by atoms with Gasteiger partial charge in [0.25, 0.3) is 0 Å². The van der Waals surface area contributed by atoms with Gasteiger partial charge in [-0.2, -0.15) is 6.08 Å². The van der Waals surface area contributed by atoms with Gasteiger partial charge in [-0.1, -0.05) is 29.3 Å². The van der Waals surface area contributed by atoms with E-state index in [0.29, 0.717) is 0 Å². The Morgan fingerprint density at radius 1 is 1.18 bits per heavy atom. The van der Waals surface area contributed by atoms with Gasteiger partial charge in [-0.15, -0.1) is 12.2 Å².